The van der Waals surface area contributed by atoms with E-state index in [4.69, 9.17) is 9.72 Å². The lowest BCUT2D eigenvalue weighted by Crippen LogP contribution is -2.27. The Morgan fingerprint density at radius 1 is 0.971 bits per heavy atom. The van der Waals surface area contributed by atoms with Gasteiger partial charge in [0.1, 0.15) is 6.07 Å². The van der Waals surface area contributed by atoms with Gasteiger partial charge in [0, 0.05) is 12.0 Å². The van der Waals surface area contributed by atoms with E-state index in [-0.39, 0.29) is 11.6 Å². The van der Waals surface area contributed by atoms with E-state index in [9.17, 15) is 10.1 Å². The molecule has 0 aliphatic heterocycles. The van der Waals surface area contributed by atoms with E-state index in [1.165, 1.54) is 11.7 Å². The number of benzene rings is 3. The van der Waals surface area contributed by atoms with Crippen LogP contribution in [0.15, 0.2) is 83.7 Å². The van der Waals surface area contributed by atoms with Crippen molar-refractivity contribution in [2.24, 2.45) is 0 Å². The van der Waals surface area contributed by atoms with Crippen molar-refractivity contribution < 1.29 is 4.74 Å². The molecule has 170 valence electrons. The number of nitriles is 1. The average Bonchev–Trinajstić information content (AvgIpc) is 2.89. The molecule has 1 heterocycles. The van der Waals surface area contributed by atoms with E-state index >= 15 is 0 Å². The van der Waals surface area contributed by atoms with E-state index in [1.807, 2.05) is 78.9 Å². The van der Waals surface area contributed by atoms with E-state index < -0.39 is 0 Å². The maximum Gasteiger partial charge on any atom is 0.303 e. The van der Waals surface area contributed by atoms with Crippen molar-refractivity contribution >= 4 is 0 Å². The minimum Gasteiger partial charge on any atom is -0.468 e. The van der Waals surface area contributed by atoms with Gasteiger partial charge in [0.2, 0.25) is 0 Å². The van der Waals surface area contributed by atoms with Gasteiger partial charge in [-0.3, -0.25) is 4.79 Å². The maximum atomic E-state index is 13.9. The van der Waals surface area contributed by atoms with Crippen LogP contribution >= 0.6 is 0 Å². The zero-order valence-corrected chi connectivity index (χ0v) is 19.5. The molecule has 34 heavy (non-hydrogen) atoms. The lowest BCUT2D eigenvalue weighted by atomic mass is 9.92. The Bertz CT molecular complexity index is 1370. The number of methoxy groups -OCH3 is 1. The molecule has 4 aromatic rings. The van der Waals surface area contributed by atoms with Crippen LogP contribution < -0.4 is 10.3 Å². The monoisotopic (exact) mass is 449 g/mol. The quantitative estimate of drug-likeness (QED) is 0.345. The number of unbranched alkanes of at least 4 members (excludes halogenated alkanes) is 1. The number of aromatic nitrogens is 2. The van der Waals surface area contributed by atoms with Crippen molar-refractivity contribution in [3.8, 4) is 28.9 Å². The molecule has 0 unspecified atom stereocenters. The molecular weight excluding hydrogens is 422 g/mol. The first-order chi connectivity index (χ1) is 16.7. The summed E-state index contributed by atoms with van der Waals surface area (Å²) in [7, 11) is 1.53. The number of para-hydroxylation sites is 1. The molecule has 0 aliphatic carbocycles. The molecule has 4 rings (SSSR count). The second kappa shape index (κ2) is 10.6. The Morgan fingerprint density at radius 3 is 2.32 bits per heavy atom. The first-order valence-electron chi connectivity index (χ1n) is 11.5. The summed E-state index contributed by atoms with van der Waals surface area (Å²) in [5.74, 6) is 0. The third-order valence-corrected chi connectivity index (χ3v) is 5.91. The number of ether oxygens (including phenoxy) is 1. The van der Waals surface area contributed by atoms with E-state index in [0.29, 0.717) is 29.7 Å². The Kier molecular flexibility index (Phi) is 7.19. The SMILES string of the molecule is CCCCc1nc(OC)n(-c2ccccc2)c(=O)c1Cc1cccc(-c2ccccc2)c1C#N. The predicted octanol–water partition coefficient (Wildman–Crippen LogP) is 5.71. The topological polar surface area (TPSA) is 67.9 Å². The van der Waals surface area contributed by atoms with Crippen LogP contribution in [-0.4, -0.2) is 16.7 Å². The van der Waals surface area contributed by atoms with Crippen LogP contribution in [0.25, 0.3) is 16.8 Å². The van der Waals surface area contributed by atoms with Gasteiger partial charge >= 0.3 is 6.01 Å². The number of hydrogen-bond acceptors (Lipinski definition) is 4. The molecule has 5 nitrogen and oxygen atoms in total. The second-order valence-electron chi connectivity index (χ2n) is 8.10. The van der Waals surface area contributed by atoms with Gasteiger partial charge in [-0.05, 0) is 41.7 Å². The van der Waals surface area contributed by atoms with Gasteiger partial charge < -0.3 is 4.74 Å². The van der Waals surface area contributed by atoms with Gasteiger partial charge in [0.25, 0.3) is 5.56 Å². The molecule has 0 fully saturated rings. The van der Waals surface area contributed by atoms with Crippen molar-refractivity contribution in [2.75, 3.05) is 7.11 Å². The third kappa shape index (κ3) is 4.62. The third-order valence-electron chi connectivity index (χ3n) is 5.91. The zero-order valence-electron chi connectivity index (χ0n) is 19.5. The van der Waals surface area contributed by atoms with Crippen LogP contribution in [0.3, 0.4) is 0 Å². The summed E-state index contributed by atoms with van der Waals surface area (Å²) in [6.45, 7) is 2.11. The molecule has 0 radical (unpaired) electrons. The summed E-state index contributed by atoms with van der Waals surface area (Å²) in [4.78, 5) is 18.6. The summed E-state index contributed by atoms with van der Waals surface area (Å²) in [5, 5.41) is 10.1. The summed E-state index contributed by atoms with van der Waals surface area (Å²) < 4.78 is 7.04. The molecule has 0 saturated heterocycles. The molecule has 0 spiro atoms. The minimum absolute atomic E-state index is 0.168. The Morgan fingerprint density at radius 2 is 1.68 bits per heavy atom. The number of rotatable bonds is 8. The van der Waals surface area contributed by atoms with Crippen LogP contribution in [0, 0.1) is 11.3 Å². The molecule has 3 aromatic carbocycles. The van der Waals surface area contributed by atoms with Crippen molar-refractivity contribution in [1.82, 2.24) is 9.55 Å². The van der Waals surface area contributed by atoms with Crippen LogP contribution in [0.2, 0.25) is 0 Å². The molecule has 0 saturated carbocycles. The van der Waals surface area contributed by atoms with Crippen molar-refractivity contribution in [2.45, 2.75) is 32.6 Å². The van der Waals surface area contributed by atoms with Crippen LogP contribution in [0.4, 0.5) is 0 Å². The number of aryl methyl sites for hydroxylation is 1. The zero-order chi connectivity index (χ0) is 23.9. The lowest BCUT2D eigenvalue weighted by Gasteiger charge is -2.17. The van der Waals surface area contributed by atoms with E-state index in [1.54, 1.807) is 0 Å². The molecule has 1 aromatic heterocycles. The fourth-order valence-electron chi connectivity index (χ4n) is 4.18. The Balaban J connectivity index is 1.89. The summed E-state index contributed by atoms with van der Waals surface area (Å²) in [6, 6.07) is 27.7. The molecule has 0 amide bonds. The smallest absolute Gasteiger partial charge is 0.303 e. The van der Waals surface area contributed by atoms with Gasteiger partial charge in [0.05, 0.1) is 24.1 Å². The average molecular weight is 450 g/mol. The van der Waals surface area contributed by atoms with Gasteiger partial charge in [0.15, 0.2) is 0 Å². The first kappa shape index (κ1) is 23.0. The van der Waals surface area contributed by atoms with Crippen LogP contribution in [0.5, 0.6) is 6.01 Å². The van der Waals surface area contributed by atoms with Crippen LogP contribution in [-0.2, 0) is 12.8 Å². The van der Waals surface area contributed by atoms with Gasteiger partial charge in [-0.1, -0.05) is 80.1 Å². The maximum absolute atomic E-state index is 13.9. The standard InChI is InChI=1S/C29H27N3O2/c1-3-4-18-27-25(28(33)32(29(31-27)34-2)23-15-9-6-10-16-23)19-22-14-11-17-24(26(22)20-30)21-12-7-5-8-13-21/h5-17H,3-4,18-19H2,1-2H3. The normalized spacial score (nSPS) is 10.6. The highest BCUT2D eigenvalue weighted by Gasteiger charge is 2.20. The molecule has 0 aliphatic rings. The first-order valence-corrected chi connectivity index (χ1v) is 11.5. The molecular formula is C29H27N3O2. The molecule has 0 N–H and O–H groups in total. The van der Waals surface area contributed by atoms with E-state index in [0.717, 1.165) is 35.2 Å². The second-order valence-corrected chi connectivity index (χ2v) is 8.10. The van der Waals surface area contributed by atoms with Gasteiger partial charge in [-0.25, -0.2) is 9.55 Å². The highest BCUT2D eigenvalue weighted by molar-refractivity contribution is 5.72. The number of hydrogen-bond donors (Lipinski definition) is 0. The fraction of sp³-hybridized carbons (Fsp3) is 0.207. The number of nitrogens with zero attached hydrogens (tertiary/aromatic N) is 3. The molecule has 0 bridgehead atoms. The van der Waals surface area contributed by atoms with Crippen molar-refractivity contribution in [1.29, 1.82) is 5.26 Å². The van der Waals surface area contributed by atoms with Crippen molar-refractivity contribution in [3.05, 3.63) is 112 Å². The highest BCUT2D eigenvalue weighted by Crippen LogP contribution is 2.28. The highest BCUT2D eigenvalue weighted by atomic mass is 16.5. The van der Waals surface area contributed by atoms with Crippen LogP contribution in [0.1, 0.15) is 42.1 Å². The lowest BCUT2D eigenvalue weighted by molar-refractivity contribution is 0.362. The van der Waals surface area contributed by atoms with Crippen molar-refractivity contribution in [3.63, 3.8) is 0 Å². The summed E-state index contributed by atoms with van der Waals surface area (Å²) in [6.07, 6.45) is 2.89. The Hall–Kier alpha value is -4.17. The summed E-state index contributed by atoms with van der Waals surface area (Å²) >= 11 is 0. The fourth-order valence-corrected chi connectivity index (χ4v) is 4.18. The summed E-state index contributed by atoms with van der Waals surface area (Å²) in [5.41, 5.74) is 5.07. The van der Waals surface area contributed by atoms with E-state index in [2.05, 4.69) is 13.0 Å². The Labute approximate surface area is 199 Å². The van der Waals surface area contributed by atoms with Gasteiger partial charge in [-0.2, -0.15) is 5.26 Å². The predicted molar refractivity (Wildman–Crippen MR) is 134 cm³/mol. The molecule has 0 atom stereocenters. The van der Waals surface area contributed by atoms with Gasteiger partial charge in [-0.15, -0.1) is 0 Å². The molecule has 5 heteroatoms. The minimum atomic E-state index is -0.168. The largest absolute Gasteiger partial charge is 0.468 e.